The van der Waals surface area contributed by atoms with Crippen LogP contribution in [-0.4, -0.2) is 30.8 Å². The summed E-state index contributed by atoms with van der Waals surface area (Å²) in [6, 6.07) is 10.00. The lowest BCUT2D eigenvalue weighted by molar-refractivity contribution is -0.236. The van der Waals surface area contributed by atoms with Gasteiger partial charge in [0.2, 0.25) is 0 Å². The van der Waals surface area contributed by atoms with Gasteiger partial charge in [0.15, 0.2) is 23.1 Å². The van der Waals surface area contributed by atoms with Crippen molar-refractivity contribution < 1.29 is 18.3 Å². The van der Waals surface area contributed by atoms with Gasteiger partial charge in [-0.15, -0.1) is 0 Å². The van der Waals surface area contributed by atoms with E-state index in [1.807, 2.05) is 12.1 Å². The number of fused-ring (bicyclic) bond motifs is 2. The molecule has 2 aromatic carbocycles. The van der Waals surface area contributed by atoms with Crippen LogP contribution < -0.4 is 9.47 Å². The summed E-state index contributed by atoms with van der Waals surface area (Å²) in [5.41, 5.74) is 1.71. The monoisotopic (exact) mass is 343 g/mol. The van der Waals surface area contributed by atoms with Crippen LogP contribution in [0, 0.1) is 23.5 Å². The first-order valence-electron chi connectivity index (χ1n) is 8.68. The lowest BCUT2D eigenvalue weighted by Crippen LogP contribution is -2.67. The lowest BCUT2D eigenvalue weighted by atomic mass is 9.73. The summed E-state index contributed by atoms with van der Waals surface area (Å²) in [4.78, 5) is 2.26. The Labute approximate surface area is 145 Å². The summed E-state index contributed by atoms with van der Waals surface area (Å²) in [6.07, 6.45) is 1.33. The van der Waals surface area contributed by atoms with Crippen molar-refractivity contribution in [1.82, 2.24) is 4.90 Å². The smallest absolute Gasteiger partial charge is 0.260 e. The minimum absolute atomic E-state index is 0.0262. The molecule has 130 valence electrons. The van der Waals surface area contributed by atoms with E-state index in [9.17, 15) is 8.78 Å². The summed E-state index contributed by atoms with van der Waals surface area (Å²) in [7, 11) is 2.08. The van der Waals surface area contributed by atoms with E-state index < -0.39 is 5.79 Å². The zero-order valence-electron chi connectivity index (χ0n) is 14.0. The zero-order valence-corrected chi connectivity index (χ0v) is 14.0. The van der Waals surface area contributed by atoms with Crippen molar-refractivity contribution in [3.8, 4) is 11.5 Å². The van der Waals surface area contributed by atoms with Gasteiger partial charge in [0, 0.05) is 13.1 Å². The van der Waals surface area contributed by atoms with Crippen molar-refractivity contribution in [2.24, 2.45) is 11.8 Å². The Kier molecular flexibility index (Phi) is 3.14. The molecule has 5 heteroatoms. The molecule has 0 saturated carbocycles. The second-order valence-corrected chi connectivity index (χ2v) is 7.41. The Bertz CT molecular complexity index is 784. The molecule has 5 rings (SSSR count). The second-order valence-electron chi connectivity index (χ2n) is 7.41. The van der Waals surface area contributed by atoms with Gasteiger partial charge in [0.05, 0.1) is 11.8 Å². The maximum absolute atomic E-state index is 14.4. The van der Waals surface area contributed by atoms with Gasteiger partial charge >= 0.3 is 0 Å². The van der Waals surface area contributed by atoms with Crippen molar-refractivity contribution in [2.75, 3.05) is 20.1 Å². The van der Waals surface area contributed by atoms with E-state index in [1.165, 1.54) is 12.1 Å². The van der Waals surface area contributed by atoms with Gasteiger partial charge in [-0.05, 0) is 43.1 Å². The molecule has 1 saturated heterocycles. The molecule has 1 fully saturated rings. The topological polar surface area (TPSA) is 21.7 Å². The van der Waals surface area contributed by atoms with E-state index in [-0.39, 0.29) is 35.0 Å². The van der Waals surface area contributed by atoms with Gasteiger partial charge in [0.1, 0.15) is 0 Å². The Morgan fingerprint density at radius 2 is 1.36 bits per heavy atom. The number of hydrogen-bond donors (Lipinski definition) is 0. The van der Waals surface area contributed by atoms with Crippen LogP contribution in [0.15, 0.2) is 36.4 Å². The average molecular weight is 343 g/mol. The molecule has 0 bridgehead atoms. The molecular weight excluding hydrogens is 324 g/mol. The Morgan fingerprint density at radius 1 is 0.880 bits per heavy atom. The fourth-order valence-corrected chi connectivity index (χ4v) is 4.69. The van der Waals surface area contributed by atoms with E-state index in [0.29, 0.717) is 12.8 Å². The highest BCUT2D eigenvalue weighted by Crippen LogP contribution is 2.50. The third kappa shape index (κ3) is 2.11. The molecule has 0 unspecified atom stereocenters. The standard InChI is InChI=1S/C20H19F2NO2/c1-23-10-14-8-12-4-2-6-16(21)18(12)24-20(14)15(11-23)9-13-5-3-7-17(22)19(13)25-20/h2-7,14-15H,8-11H2,1H3/t14-,15-,20?/m0/s1. The van der Waals surface area contributed by atoms with Gasteiger partial charge in [-0.3, -0.25) is 0 Å². The molecule has 3 heterocycles. The number of hydrogen-bond acceptors (Lipinski definition) is 3. The normalized spacial score (nSPS) is 30.2. The zero-order chi connectivity index (χ0) is 17.2. The van der Waals surface area contributed by atoms with Gasteiger partial charge < -0.3 is 14.4 Å². The van der Waals surface area contributed by atoms with Crippen molar-refractivity contribution in [2.45, 2.75) is 18.6 Å². The third-order valence-electron chi connectivity index (χ3n) is 5.76. The highest BCUT2D eigenvalue weighted by molar-refractivity contribution is 5.42. The van der Waals surface area contributed by atoms with E-state index in [2.05, 4.69) is 11.9 Å². The van der Waals surface area contributed by atoms with Crippen LogP contribution in [0.1, 0.15) is 11.1 Å². The number of nitrogens with zero attached hydrogens (tertiary/aromatic N) is 1. The number of benzene rings is 2. The first kappa shape index (κ1) is 15.1. The summed E-state index contributed by atoms with van der Waals surface area (Å²) < 4.78 is 41.2. The maximum Gasteiger partial charge on any atom is 0.260 e. The first-order chi connectivity index (χ1) is 12.1. The predicted octanol–water partition coefficient (Wildman–Crippen LogP) is 3.41. The van der Waals surface area contributed by atoms with Crippen LogP contribution in [0.3, 0.4) is 0 Å². The molecule has 0 radical (unpaired) electrons. The van der Waals surface area contributed by atoms with Crippen LogP contribution in [0.2, 0.25) is 0 Å². The van der Waals surface area contributed by atoms with E-state index in [1.54, 1.807) is 12.1 Å². The second kappa shape index (κ2) is 5.18. The summed E-state index contributed by atoms with van der Waals surface area (Å²) in [5.74, 6) is -1.20. The number of rotatable bonds is 0. The molecule has 0 aromatic heterocycles. The fourth-order valence-electron chi connectivity index (χ4n) is 4.69. The molecule has 0 N–H and O–H groups in total. The summed E-state index contributed by atoms with van der Waals surface area (Å²) >= 11 is 0. The number of para-hydroxylation sites is 2. The Balaban J connectivity index is 1.66. The van der Waals surface area contributed by atoms with Crippen molar-refractivity contribution >= 4 is 0 Å². The molecule has 0 aliphatic carbocycles. The highest BCUT2D eigenvalue weighted by Gasteiger charge is 2.58. The molecule has 0 amide bonds. The largest absolute Gasteiger partial charge is 0.448 e. The molecule has 3 aliphatic heterocycles. The predicted molar refractivity (Wildman–Crippen MR) is 88.7 cm³/mol. The SMILES string of the molecule is CN1C[C@@H]2Cc3cccc(F)c3OC23Oc2c(F)cccc2C[C@H]3C1. The number of likely N-dealkylation sites (tertiary alicyclic amines) is 1. The van der Waals surface area contributed by atoms with Gasteiger partial charge in [-0.2, -0.15) is 0 Å². The van der Waals surface area contributed by atoms with Crippen molar-refractivity contribution in [3.05, 3.63) is 59.2 Å². The lowest BCUT2D eigenvalue weighted by Gasteiger charge is -2.55. The molecule has 3 nitrogen and oxygen atoms in total. The molecule has 2 aromatic rings. The first-order valence-corrected chi connectivity index (χ1v) is 8.68. The van der Waals surface area contributed by atoms with Crippen LogP contribution in [0.25, 0.3) is 0 Å². The van der Waals surface area contributed by atoms with Crippen LogP contribution in [-0.2, 0) is 12.8 Å². The van der Waals surface area contributed by atoms with E-state index >= 15 is 0 Å². The molecule has 1 spiro atoms. The molecule has 25 heavy (non-hydrogen) atoms. The van der Waals surface area contributed by atoms with Crippen LogP contribution in [0.4, 0.5) is 8.78 Å². The molecular formula is C20H19F2NO2. The molecule has 3 aliphatic rings. The average Bonchev–Trinajstić information content (AvgIpc) is 2.58. The quantitative estimate of drug-likeness (QED) is 0.732. The van der Waals surface area contributed by atoms with E-state index in [4.69, 9.17) is 9.47 Å². The minimum Gasteiger partial charge on any atom is -0.448 e. The number of ether oxygens (including phenoxy) is 2. The summed E-state index contributed by atoms with van der Waals surface area (Å²) in [5, 5.41) is 0. The van der Waals surface area contributed by atoms with Gasteiger partial charge in [-0.25, -0.2) is 8.78 Å². The Hall–Kier alpha value is -2.14. The van der Waals surface area contributed by atoms with Gasteiger partial charge in [0.25, 0.3) is 5.79 Å². The van der Waals surface area contributed by atoms with Crippen LogP contribution in [0.5, 0.6) is 11.5 Å². The number of piperidine rings is 1. The molecule has 2 atom stereocenters. The van der Waals surface area contributed by atoms with Gasteiger partial charge in [-0.1, -0.05) is 24.3 Å². The Morgan fingerprint density at radius 3 is 1.84 bits per heavy atom. The van der Waals surface area contributed by atoms with Crippen molar-refractivity contribution in [3.63, 3.8) is 0 Å². The highest BCUT2D eigenvalue weighted by atomic mass is 19.1. The van der Waals surface area contributed by atoms with Crippen LogP contribution >= 0.6 is 0 Å². The van der Waals surface area contributed by atoms with E-state index in [0.717, 1.165) is 24.2 Å². The minimum atomic E-state index is -1.00. The summed E-state index contributed by atoms with van der Waals surface area (Å²) in [6.45, 7) is 1.55. The maximum atomic E-state index is 14.4. The number of halogens is 2. The van der Waals surface area contributed by atoms with Crippen molar-refractivity contribution in [1.29, 1.82) is 0 Å². The fraction of sp³-hybridized carbons (Fsp3) is 0.400. The third-order valence-corrected chi connectivity index (χ3v) is 5.76.